The molecule has 0 aromatic heterocycles. The van der Waals surface area contributed by atoms with E-state index in [9.17, 15) is 5.11 Å². The summed E-state index contributed by atoms with van der Waals surface area (Å²) >= 11 is 0. The first-order valence-corrected chi connectivity index (χ1v) is 5.92. The fraction of sp³-hybridized carbons (Fsp3) is 0.500. The van der Waals surface area contributed by atoms with Crippen molar-refractivity contribution in [3.63, 3.8) is 0 Å². The molecule has 86 valence electrons. The first kappa shape index (κ1) is 12.7. The van der Waals surface area contributed by atoms with Crippen LogP contribution in [0.2, 0.25) is 0 Å². The molecule has 0 aliphatic carbocycles. The zero-order chi connectivity index (χ0) is 11.9. The third kappa shape index (κ3) is 3.36. The Bertz CT molecular complexity index is 342. The molecular formula is C14H19NO. The van der Waals surface area contributed by atoms with E-state index < -0.39 is 5.60 Å². The van der Waals surface area contributed by atoms with Crippen LogP contribution in [0.3, 0.4) is 0 Å². The van der Waals surface area contributed by atoms with Crippen molar-refractivity contribution in [1.82, 2.24) is 0 Å². The molecule has 0 aliphatic heterocycles. The lowest BCUT2D eigenvalue weighted by molar-refractivity contribution is 0.0846. The van der Waals surface area contributed by atoms with E-state index >= 15 is 0 Å². The SMILES string of the molecule is CCCCCCC(O)(C#N)c1ccccc1. The molecule has 2 nitrogen and oxygen atoms in total. The van der Waals surface area contributed by atoms with Gasteiger partial charge in [-0.25, -0.2) is 0 Å². The van der Waals surface area contributed by atoms with E-state index in [1.165, 1.54) is 0 Å². The normalized spacial score (nSPS) is 14.1. The third-order valence-corrected chi connectivity index (χ3v) is 2.83. The van der Waals surface area contributed by atoms with E-state index in [0.29, 0.717) is 12.0 Å². The summed E-state index contributed by atoms with van der Waals surface area (Å²) in [4.78, 5) is 0. The van der Waals surface area contributed by atoms with Gasteiger partial charge < -0.3 is 5.11 Å². The van der Waals surface area contributed by atoms with Crippen molar-refractivity contribution in [2.45, 2.75) is 44.6 Å². The molecule has 1 unspecified atom stereocenters. The number of hydrogen-bond acceptors (Lipinski definition) is 2. The summed E-state index contributed by atoms with van der Waals surface area (Å²) < 4.78 is 0. The highest BCUT2D eigenvalue weighted by Crippen LogP contribution is 2.26. The van der Waals surface area contributed by atoms with E-state index in [0.717, 1.165) is 25.7 Å². The van der Waals surface area contributed by atoms with Crippen molar-refractivity contribution in [3.8, 4) is 6.07 Å². The largest absolute Gasteiger partial charge is 0.371 e. The monoisotopic (exact) mass is 217 g/mol. The minimum absolute atomic E-state index is 0.521. The molecular weight excluding hydrogens is 198 g/mol. The maximum absolute atomic E-state index is 10.2. The topological polar surface area (TPSA) is 44.0 Å². The van der Waals surface area contributed by atoms with Crippen LogP contribution >= 0.6 is 0 Å². The van der Waals surface area contributed by atoms with Crippen LogP contribution in [0.15, 0.2) is 30.3 Å². The average molecular weight is 217 g/mol. The first-order valence-electron chi connectivity index (χ1n) is 5.92. The van der Waals surface area contributed by atoms with Gasteiger partial charge in [0.05, 0.1) is 0 Å². The molecule has 1 aromatic rings. The fourth-order valence-electron chi connectivity index (χ4n) is 1.79. The minimum atomic E-state index is -1.31. The molecule has 0 amide bonds. The molecule has 0 spiro atoms. The van der Waals surface area contributed by atoms with Gasteiger partial charge in [0, 0.05) is 0 Å². The molecule has 1 rings (SSSR count). The molecule has 2 heteroatoms. The molecule has 0 saturated carbocycles. The van der Waals surface area contributed by atoms with Gasteiger partial charge in [0.25, 0.3) is 0 Å². The van der Waals surface area contributed by atoms with Crippen molar-refractivity contribution >= 4 is 0 Å². The minimum Gasteiger partial charge on any atom is -0.371 e. The molecule has 0 aliphatic rings. The van der Waals surface area contributed by atoms with Gasteiger partial charge in [-0.1, -0.05) is 56.5 Å². The lowest BCUT2D eigenvalue weighted by Gasteiger charge is -2.20. The van der Waals surface area contributed by atoms with Gasteiger partial charge in [-0.2, -0.15) is 5.26 Å². The molecule has 1 aromatic carbocycles. The van der Waals surface area contributed by atoms with Crippen LogP contribution in [-0.2, 0) is 5.60 Å². The van der Waals surface area contributed by atoms with E-state index in [1.807, 2.05) is 36.4 Å². The Morgan fingerprint density at radius 1 is 1.19 bits per heavy atom. The predicted octanol–water partition coefficient (Wildman–Crippen LogP) is 3.37. The van der Waals surface area contributed by atoms with Crippen LogP contribution in [0, 0.1) is 11.3 Å². The zero-order valence-corrected chi connectivity index (χ0v) is 9.82. The van der Waals surface area contributed by atoms with Gasteiger partial charge in [-0.3, -0.25) is 0 Å². The number of rotatable bonds is 6. The maximum atomic E-state index is 10.2. The van der Waals surface area contributed by atoms with Gasteiger partial charge in [-0.05, 0) is 18.4 Å². The highest BCUT2D eigenvalue weighted by molar-refractivity contribution is 5.28. The van der Waals surface area contributed by atoms with Crippen LogP contribution in [0.25, 0.3) is 0 Å². The van der Waals surface area contributed by atoms with Crippen LogP contribution in [0.1, 0.15) is 44.6 Å². The van der Waals surface area contributed by atoms with Gasteiger partial charge >= 0.3 is 0 Å². The number of unbranched alkanes of at least 4 members (excludes halogenated alkanes) is 3. The molecule has 0 radical (unpaired) electrons. The van der Waals surface area contributed by atoms with Crippen molar-refractivity contribution in [2.75, 3.05) is 0 Å². The van der Waals surface area contributed by atoms with E-state index in [2.05, 4.69) is 6.92 Å². The molecule has 0 fully saturated rings. The van der Waals surface area contributed by atoms with Gasteiger partial charge in [0.1, 0.15) is 6.07 Å². The number of nitriles is 1. The molecule has 1 N–H and O–H groups in total. The summed E-state index contributed by atoms with van der Waals surface area (Å²) in [6.45, 7) is 2.15. The third-order valence-electron chi connectivity index (χ3n) is 2.83. The summed E-state index contributed by atoms with van der Waals surface area (Å²) in [6, 6.07) is 11.2. The summed E-state index contributed by atoms with van der Waals surface area (Å²) in [6.07, 6.45) is 4.82. The van der Waals surface area contributed by atoms with Crippen LogP contribution in [0.4, 0.5) is 0 Å². The molecule has 0 heterocycles. The van der Waals surface area contributed by atoms with Crippen LogP contribution < -0.4 is 0 Å². The summed E-state index contributed by atoms with van der Waals surface area (Å²) in [7, 11) is 0. The Balaban J connectivity index is 2.61. The van der Waals surface area contributed by atoms with Crippen molar-refractivity contribution in [3.05, 3.63) is 35.9 Å². The fourth-order valence-corrected chi connectivity index (χ4v) is 1.79. The maximum Gasteiger partial charge on any atom is 0.176 e. The van der Waals surface area contributed by atoms with Crippen molar-refractivity contribution in [2.24, 2.45) is 0 Å². The van der Waals surface area contributed by atoms with Gasteiger partial charge in [-0.15, -0.1) is 0 Å². The van der Waals surface area contributed by atoms with Gasteiger partial charge in [0.2, 0.25) is 0 Å². The first-order chi connectivity index (χ1) is 7.73. The Morgan fingerprint density at radius 2 is 1.88 bits per heavy atom. The second kappa shape index (κ2) is 6.30. The Hall–Kier alpha value is -1.33. The van der Waals surface area contributed by atoms with Crippen LogP contribution in [-0.4, -0.2) is 5.11 Å². The second-order valence-electron chi connectivity index (χ2n) is 4.15. The Labute approximate surface area is 97.5 Å². The molecule has 0 bridgehead atoms. The lowest BCUT2D eigenvalue weighted by atomic mass is 9.89. The summed E-state index contributed by atoms with van der Waals surface area (Å²) in [5.74, 6) is 0. The number of hydrogen-bond donors (Lipinski definition) is 1. The quantitative estimate of drug-likeness (QED) is 0.586. The highest BCUT2D eigenvalue weighted by atomic mass is 16.3. The molecule has 1 atom stereocenters. The second-order valence-corrected chi connectivity index (χ2v) is 4.15. The average Bonchev–Trinajstić information content (AvgIpc) is 2.35. The van der Waals surface area contributed by atoms with Crippen molar-refractivity contribution < 1.29 is 5.11 Å². The van der Waals surface area contributed by atoms with E-state index in [4.69, 9.17) is 5.26 Å². The number of nitrogens with zero attached hydrogens (tertiary/aromatic N) is 1. The highest BCUT2D eigenvalue weighted by Gasteiger charge is 2.27. The van der Waals surface area contributed by atoms with Crippen molar-refractivity contribution in [1.29, 1.82) is 5.26 Å². The standard InChI is InChI=1S/C14H19NO/c1-2-3-4-8-11-14(16,12-15)13-9-6-5-7-10-13/h5-7,9-10,16H,2-4,8,11H2,1H3. The lowest BCUT2D eigenvalue weighted by Crippen LogP contribution is -2.23. The molecule has 0 saturated heterocycles. The smallest absolute Gasteiger partial charge is 0.176 e. The van der Waals surface area contributed by atoms with E-state index in [-0.39, 0.29) is 0 Å². The number of aliphatic hydroxyl groups is 1. The zero-order valence-electron chi connectivity index (χ0n) is 9.82. The Kier molecular flexibility index (Phi) is 5.01. The van der Waals surface area contributed by atoms with E-state index in [1.54, 1.807) is 0 Å². The predicted molar refractivity (Wildman–Crippen MR) is 64.7 cm³/mol. The Morgan fingerprint density at radius 3 is 2.44 bits per heavy atom. The molecule has 16 heavy (non-hydrogen) atoms. The van der Waals surface area contributed by atoms with Crippen LogP contribution in [0.5, 0.6) is 0 Å². The summed E-state index contributed by atoms with van der Waals surface area (Å²) in [5.41, 5.74) is -0.608. The summed E-state index contributed by atoms with van der Waals surface area (Å²) in [5, 5.41) is 19.3. The number of benzene rings is 1. The van der Waals surface area contributed by atoms with Gasteiger partial charge in [0.15, 0.2) is 5.60 Å².